The first kappa shape index (κ1) is 17.7. The summed E-state index contributed by atoms with van der Waals surface area (Å²) in [6.07, 6.45) is 3.92. The first-order chi connectivity index (χ1) is 13.8. The van der Waals surface area contributed by atoms with Crippen LogP contribution in [0.1, 0.15) is 18.4 Å². The number of thiophene rings is 1. The van der Waals surface area contributed by atoms with Gasteiger partial charge in [0.1, 0.15) is 16.2 Å². The molecule has 1 saturated heterocycles. The first-order valence-electron chi connectivity index (χ1n) is 9.13. The lowest BCUT2D eigenvalue weighted by molar-refractivity contribution is 0.0912. The lowest BCUT2D eigenvalue weighted by atomic mass is 10.1. The van der Waals surface area contributed by atoms with E-state index in [9.17, 15) is 0 Å². The van der Waals surface area contributed by atoms with Gasteiger partial charge < -0.3 is 4.74 Å². The summed E-state index contributed by atoms with van der Waals surface area (Å²) in [5.74, 6) is 0. The average Bonchev–Trinajstić information content (AvgIpc) is 3.45. The van der Waals surface area contributed by atoms with Crippen LogP contribution in [0.25, 0.3) is 21.3 Å². The van der Waals surface area contributed by atoms with Crippen LogP contribution in [0.5, 0.6) is 0 Å². The zero-order valence-electron chi connectivity index (χ0n) is 15.3. The van der Waals surface area contributed by atoms with E-state index in [-0.39, 0.29) is 6.10 Å². The lowest BCUT2D eigenvalue weighted by Crippen LogP contribution is -2.16. The van der Waals surface area contributed by atoms with Crippen molar-refractivity contribution in [1.82, 2.24) is 30.2 Å². The maximum atomic E-state index is 5.73. The molecule has 5 rings (SSSR count). The number of nitrogens with zero attached hydrogens (tertiary/aromatic N) is 6. The Morgan fingerprint density at radius 2 is 2.14 bits per heavy atom. The number of fused-ring (bicyclic) bond motifs is 1. The van der Waals surface area contributed by atoms with Crippen LogP contribution in [0.3, 0.4) is 0 Å². The number of hydrogen-bond donors (Lipinski definition) is 0. The van der Waals surface area contributed by atoms with Gasteiger partial charge in [-0.25, -0.2) is 14.6 Å². The van der Waals surface area contributed by atoms with Gasteiger partial charge in [-0.15, -0.1) is 16.4 Å². The highest BCUT2D eigenvalue weighted by molar-refractivity contribution is 7.99. The number of benzene rings is 1. The Kier molecular flexibility index (Phi) is 4.79. The van der Waals surface area contributed by atoms with Gasteiger partial charge in [-0.1, -0.05) is 29.8 Å². The fraction of sp³-hybridized carbons (Fsp3) is 0.316. The molecule has 4 heterocycles. The normalized spacial score (nSPS) is 16.8. The van der Waals surface area contributed by atoms with Crippen LogP contribution in [0.4, 0.5) is 0 Å². The molecule has 0 radical (unpaired) electrons. The Hall–Kier alpha value is -2.36. The van der Waals surface area contributed by atoms with E-state index < -0.39 is 0 Å². The molecule has 0 saturated carbocycles. The summed E-state index contributed by atoms with van der Waals surface area (Å²) in [4.78, 5) is 9.97. The Balaban J connectivity index is 1.51. The molecule has 0 spiro atoms. The largest absolute Gasteiger partial charge is 0.376 e. The van der Waals surface area contributed by atoms with Crippen molar-refractivity contribution in [2.45, 2.75) is 42.6 Å². The van der Waals surface area contributed by atoms with Gasteiger partial charge in [-0.05, 0) is 47.5 Å². The summed E-state index contributed by atoms with van der Waals surface area (Å²) >= 11 is 3.10. The molecule has 0 aliphatic carbocycles. The van der Waals surface area contributed by atoms with E-state index in [1.54, 1.807) is 17.7 Å². The average molecular weight is 411 g/mol. The van der Waals surface area contributed by atoms with Crippen LogP contribution in [0, 0.1) is 6.92 Å². The molecule has 142 valence electrons. The van der Waals surface area contributed by atoms with Crippen molar-refractivity contribution in [2.75, 3.05) is 6.61 Å². The third kappa shape index (κ3) is 3.41. The molecule has 4 aromatic rings. The Morgan fingerprint density at radius 3 is 2.96 bits per heavy atom. The van der Waals surface area contributed by atoms with Crippen molar-refractivity contribution >= 4 is 33.3 Å². The van der Waals surface area contributed by atoms with Gasteiger partial charge in [0.25, 0.3) is 0 Å². The molecule has 28 heavy (non-hydrogen) atoms. The number of aryl methyl sites for hydroxylation is 1. The van der Waals surface area contributed by atoms with Crippen molar-refractivity contribution < 1.29 is 4.74 Å². The van der Waals surface area contributed by atoms with Gasteiger partial charge in [0, 0.05) is 17.6 Å². The highest BCUT2D eigenvalue weighted by Crippen LogP contribution is 2.39. The van der Waals surface area contributed by atoms with E-state index in [4.69, 9.17) is 4.74 Å². The minimum Gasteiger partial charge on any atom is -0.376 e. The van der Waals surface area contributed by atoms with E-state index in [1.807, 2.05) is 4.68 Å². The van der Waals surface area contributed by atoms with E-state index in [2.05, 4.69) is 62.1 Å². The molecule has 0 unspecified atom stereocenters. The number of aromatic nitrogens is 6. The van der Waals surface area contributed by atoms with Gasteiger partial charge >= 0.3 is 0 Å². The SMILES string of the molecule is Cc1ccc(-c2csc3ncnc(Sc4nnnn4C[C@@H]4CCCO4)c23)cc1. The molecule has 3 aromatic heterocycles. The van der Waals surface area contributed by atoms with Gasteiger partial charge in [-0.3, -0.25) is 0 Å². The van der Waals surface area contributed by atoms with Crippen molar-refractivity contribution in [2.24, 2.45) is 0 Å². The monoisotopic (exact) mass is 410 g/mol. The summed E-state index contributed by atoms with van der Waals surface area (Å²) in [5.41, 5.74) is 3.54. The third-order valence-corrected chi connectivity index (χ3v) is 6.65. The summed E-state index contributed by atoms with van der Waals surface area (Å²) in [6.45, 7) is 3.57. The van der Waals surface area contributed by atoms with Crippen LogP contribution >= 0.6 is 23.1 Å². The Bertz CT molecular complexity index is 1100. The second-order valence-corrected chi connectivity index (χ2v) is 8.57. The van der Waals surface area contributed by atoms with Crippen molar-refractivity contribution in [1.29, 1.82) is 0 Å². The zero-order chi connectivity index (χ0) is 18.9. The van der Waals surface area contributed by atoms with Crippen LogP contribution in [0.15, 0.2) is 46.2 Å². The number of tetrazole rings is 1. The predicted octanol–water partition coefficient (Wildman–Crippen LogP) is 3.98. The Morgan fingerprint density at radius 1 is 1.25 bits per heavy atom. The predicted molar refractivity (Wildman–Crippen MR) is 109 cm³/mol. The first-order valence-corrected chi connectivity index (χ1v) is 10.8. The van der Waals surface area contributed by atoms with Crippen LogP contribution in [0.2, 0.25) is 0 Å². The van der Waals surface area contributed by atoms with Crippen LogP contribution < -0.4 is 0 Å². The number of ether oxygens (including phenoxy) is 1. The maximum Gasteiger partial charge on any atom is 0.215 e. The molecule has 0 amide bonds. The second kappa shape index (κ2) is 7.57. The second-order valence-electron chi connectivity index (χ2n) is 6.76. The van der Waals surface area contributed by atoms with Crippen LogP contribution in [-0.4, -0.2) is 42.9 Å². The molecule has 1 aliphatic rings. The summed E-state index contributed by atoms with van der Waals surface area (Å²) in [5, 5.41) is 17.0. The van der Waals surface area contributed by atoms with Crippen LogP contribution in [-0.2, 0) is 11.3 Å². The zero-order valence-corrected chi connectivity index (χ0v) is 16.9. The summed E-state index contributed by atoms with van der Waals surface area (Å²) < 4.78 is 7.54. The number of hydrogen-bond acceptors (Lipinski definition) is 8. The quantitative estimate of drug-likeness (QED) is 0.460. The molecule has 1 aromatic carbocycles. The molecular weight excluding hydrogens is 392 g/mol. The standard InChI is InChI=1S/C19H18N6OS2/c1-12-4-6-13(7-5-12)15-10-27-17-16(15)18(21-11-20-17)28-19-22-23-24-25(19)9-14-3-2-8-26-14/h4-7,10-11,14H,2-3,8-9H2,1H3/t14-/m0/s1. The minimum atomic E-state index is 0.178. The molecule has 1 fully saturated rings. The van der Waals surface area contributed by atoms with E-state index >= 15 is 0 Å². The Labute approximate surface area is 170 Å². The third-order valence-electron chi connectivity index (χ3n) is 4.79. The molecule has 0 N–H and O–H groups in total. The van der Waals surface area contributed by atoms with Gasteiger partial charge in [0.2, 0.25) is 5.16 Å². The smallest absolute Gasteiger partial charge is 0.215 e. The molecule has 0 bridgehead atoms. The molecular formula is C19H18N6OS2. The van der Waals surface area contributed by atoms with E-state index in [1.165, 1.54) is 17.3 Å². The minimum absolute atomic E-state index is 0.178. The summed E-state index contributed by atoms with van der Waals surface area (Å²) in [7, 11) is 0. The molecule has 1 atom stereocenters. The lowest BCUT2D eigenvalue weighted by Gasteiger charge is -2.10. The van der Waals surface area contributed by atoms with Gasteiger partial charge in [0.05, 0.1) is 18.0 Å². The van der Waals surface area contributed by atoms with Gasteiger partial charge in [0.15, 0.2) is 0 Å². The van der Waals surface area contributed by atoms with Gasteiger partial charge in [-0.2, -0.15) is 0 Å². The van der Waals surface area contributed by atoms with Crippen molar-refractivity contribution in [3.63, 3.8) is 0 Å². The van der Waals surface area contributed by atoms with Crippen molar-refractivity contribution in [3.8, 4) is 11.1 Å². The molecule has 1 aliphatic heterocycles. The fourth-order valence-electron chi connectivity index (χ4n) is 3.32. The van der Waals surface area contributed by atoms with E-state index in [0.717, 1.165) is 51.0 Å². The molecule has 9 heteroatoms. The van der Waals surface area contributed by atoms with E-state index in [0.29, 0.717) is 6.54 Å². The maximum absolute atomic E-state index is 5.73. The highest BCUT2D eigenvalue weighted by Gasteiger charge is 2.21. The highest BCUT2D eigenvalue weighted by atomic mass is 32.2. The number of rotatable bonds is 5. The molecule has 7 nitrogen and oxygen atoms in total. The topological polar surface area (TPSA) is 78.6 Å². The fourth-order valence-corrected chi connectivity index (χ4v) is 5.18. The van der Waals surface area contributed by atoms with Crippen molar-refractivity contribution in [3.05, 3.63) is 41.5 Å². The summed E-state index contributed by atoms with van der Waals surface area (Å²) in [6, 6.07) is 8.52.